The van der Waals surface area contributed by atoms with E-state index in [9.17, 15) is 18.0 Å². The molecule has 0 unspecified atom stereocenters. The summed E-state index contributed by atoms with van der Waals surface area (Å²) in [4.78, 5) is 13.6. The molecule has 1 aromatic rings. The van der Waals surface area contributed by atoms with E-state index in [4.69, 9.17) is 4.74 Å². The molecule has 0 bridgehead atoms. The highest BCUT2D eigenvalue weighted by Gasteiger charge is 2.30. The number of halogens is 3. The van der Waals surface area contributed by atoms with Crippen molar-refractivity contribution < 1.29 is 22.7 Å². The molecular formula is C15H18F3NO2. The molecule has 1 aliphatic heterocycles. The number of nitrogens with zero attached hydrogens (tertiary/aromatic N) is 1. The van der Waals surface area contributed by atoms with Crippen molar-refractivity contribution in [3.8, 4) is 0 Å². The lowest BCUT2D eigenvalue weighted by molar-refractivity contribution is -0.147. The van der Waals surface area contributed by atoms with Gasteiger partial charge in [0, 0.05) is 6.54 Å². The number of alkyl halides is 3. The summed E-state index contributed by atoms with van der Waals surface area (Å²) in [5, 5.41) is 0. The van der Waals surface area contributed by atoms with E-state index in [1.807, 2.05) is 0 Å². The van der Waals surface area contributed by atoms with E-state index in [0.717, 1.165) is 43.6 Å². The molecule has 21 heavy (non-hydrogen) atoms. The molecule has 0 amide bonds. The average Bonchev–Trinajstić information content (AvgIpc) is 2.47. The minimum Gasteiger partial charge on any atom is -0.469 e. The fraction of sp³-hybridized carbons (Fsp3) is 0.533. The Balaban J connectivity index is 1.88. The molecule has 1 aromatic carbocycles. The maximum atomic E-state index is 12.5. The molecule has 6 heteroatoms. The topological polar surface area (TPSA) is 29.5 Å². The van der Waals surface area contributed by atoms with E-state index in [0.29, 0.717) is 6.54 Å². The Morgan fingerprint density at radius 1 is 1.24 bits per heavy atom. The number of rotatable bonds is 3. The average molecular weight is 301 g/mol. The van der Waals surface area contributed by atoms with Gasteiger partial charge in [-0.05, 0) is 43.6 Å². The highest BCUT2D eigenvalue weighted by atomic mass is 19.4. The Morgan fingerprint density at radius 2 is 1.81 bits per heavy atom. The number of ether oxygens (including phenoxy) is 1. The number of benzene rings is 1. The van der Waals surface area contributed by atoms with Crippen LogP contribution in [0.15, 0.2) is 24.3 Å². The summed E-state index contributed by atoms with van der Waals surface area (Å²) in [6.45, 7) is 2.10. The van der Waals surface area contributed by atoms with Crippen LogP contribution in [0.2, 0.25) is 0 Å². The molecule has 1 fully saturated rings. The Kier molecular flexibility index (Phi) is 4.88. The van der Waals surface area contributed by atoms with E-state index in [1.165, 1.54) is 19.2 Å². The predicted octanol–water partition coefficient (Wildman–Crippen LogP) is 3.09. The summed E-state index contributed by atoms with van der Waals surface area (Å²) in [5.41, 5.74) is 0.218. The van der Waals surface area contributed by atoms with Gasteiger partial charge in [0.1, 0.15) is 0 Å². The van der Waals surface area contributed by atoms with Gasteiger partial charge in [-0.15, -0.1) is 0 Å². The zero-order valence-corrected chi connectivity index (χ0v) is 11.8. The number of piperidine rings is 1. The zero-order chi connectivity index (χ0) is 15.5. The molecule has 1 saturated heterocycles. The molecule has 0 saturated carbocycles. The zero-order valence-electron chi connectivity index (χ0n) is 11.8. The molecule has 116 valence electrons. The summed E-state index contributed by atoms with van der Waals surface area (Å²) in [6.07, 6.45) is -2.84. The molecule has 0 N–H and O–H groups in total. The van der Waals surface area contributed by atoms with Gasteiger partial charge in [0.15, 0.2) is 0 Å². The van der Waals surface area contributed by atoms with Gasteiger partial charge in [-0.2, -0.15) is 13.2 Å². The molecule has 0 aromatic heterocycles. The number of carbonyl (C=O) groups is 1. The van der Waals surface area contributed by atoms with Gasteiger partial charge >= 0.3 is 12.1 Å². The normalized spacial score (nSPS) is 17.7. The van der Waals surface area contributed by atoms with Gasteiger partial charge < -0.3 is 4.74 Å². The van der Waals surface area contributed by atoms with Gasteiger partial charge in [0.05, 0.1) is 18.6 Å². The molecule has 1 aliphatic rings. The van der Waals surface area contributed by atoms with Crippen molar-refractivity contribution in [2.75, 3.05) is 20.2 Å². The maximum absolute atomic E-state index is 12.5. The molecule has 3 nitrogen and oxygen atoms in total. The summed E-state index contributed by atoms with van der Waals surface area (Å²) in [7, 11) is 1.39. The van der Waals surface area contributed by atoms with E-state index >= 15 is 0 Å². The number of likely N-dealkylation sites (tertiary alicyclic amines) is 1. The van der Waals surface area contributed by atoms with Crippen LogP contribution in [0.5, 0.6) is 0 Å². The maximum Gasteiger partial charge on any atom is 0.416 e. The second-order valence-corrected chi connectivity index (χ2v) is 5.27. The van der Waals surface area contributed by atoms with Crippen molar-refractivity contribution >= 4 is 5.97 Å². The Bertz CT molecular complexity index is 477. The first kappa shape index (κ1) is 15.8. The van der Waals surface area contributed by atoms with E-state index < -0.39 is 11.7 Å². The highest BCUT2D eigenvalue weighted by molar-refractivity contribution is 5.72. The van der Waals surface area contributed by atoms with Crippen molar-refractivity contribution in [3.63, 3.8) is 0 Å². The number of carbonyl (C=O) groups excluding carboxylic acids is 1. The second-order valence-electron chi connectivity index (χ2n) is 5.27. The second kappa shape index (κ2) is 6.47. The predicted molar refractivity (Wildman–Crippen MR) is 71.5 cm³/mol. The third kappa shape index (κ3) is 4.20. The lowest BCUT2D eigenvalue weighted by Crippen LogP contribution is -2.36. The lowest BCUT2D eigenvalue weighted by Gasteiger charge is -2.30. The lowest BCUT2D eigenvalue weighted by atomic mass is 9.96. The Morgan fingerprint density at radius 3 is 2.29 bits per heavy atom. The Labute approximate surface area is 121 Å². The molecule has 0 atom stereocenters. The van der Waals surface area contributed by atoms with Gasteiger partial charge in [-0.3, -0.25) is 9.69 Å². The minimum atomic E-state index is -4.29. The Hall–Kier alpha value is -1.56. The molecule has 0 aliphatic carbocycles. The highest BCUT2D eigenvalue weighted by Crippen LogP contribution is 2.29. The molecule has 1 heterocycles. The minimum absolute atomic E-state index is 0.0566. The van der Waals surface area contributed by atoms with E-state index in [2.05, 4.69) is 4.90 Å². The van der Waals surface area contributed by atoms with Crippen LogP contribution in [0, 0.1) is 5.92 Å². The van der Waals surface area contributed by atoms with Gasteiger partial charge in [-0.1, -0.05) is 12.1 Å². The number of methoxy groups -OCH3 is 1. The summed E-state index contributed by atoms with van der Waals surface area (Å²) >= 11 is 0. The van der Waals surface area contributed by atoms with Crippen molar-refractivity contribution in [3.05, 3.63) is 35.4 Å². The van der Waals surface area contributed by atoms with Gasteiger partial charge in [0.2, 0.25) is 0 Å². The number of esters is 1. The van der Waals surface area contributed by atoms with Gasteiger partial charge in [0.25, 0.3) is 0 Å². The summed E-state index contributed by atoms with van der Waals surface area (Å²) in [6, 6.07) is 5.23. The fourth-order valence-corrected chi connectivity index (χ4v) is 2.55. The third-order valence-corrected chi connectivity index (χ3v) is 3.81. The summed E-state index contributed by atoms with van der Waals surface area (Å²) in [5.74, 6) is -0.233. The van der Waals surface area contributed by atoms with Crippen LogP contribution >= 0.6 is 0 Å². The van der Waals surface area contributed by atoms with E-state index in [1.54, 1.807) is 0 Å². The quantitative estimate of drug-likeness (QED) is 0.804. The van der Waals surface area contributed by atoms with Crippen molar-refractivity contribution in [2.24, 2.45) is 5.92 Å². The molecule has 0 spiro atoms. The van der Waals surface area contributed by atoms with E-state index in [-0.39, 0.29) is 11.9 Å². The van der Waals surface area contributed by atoms with Crippen LogP contribution in [0.25, 0.3) is 0 Å². The fourth-order valence-electron chi connectivity index (χ4n) is 2.55. The number of hydrogen-bond donors (Lipinski definition) is 0. The third-order valence-electron chi connectivity index (χ3n) is 3.81. The molecule has 2 rings (SSSR count). The SMILES string of the molecule is COC(=O)C1CCN(Cc2ccc(C(F)(F)F)cc2)CC1. The molecular weight excluding hydrogens is 283 g/mol. The van der Waals surface area contributed by atoms with Crippen LogP contribution in [-0.4, -0.2) is 31.1 Å². The van der Waals surface area contributed by atoms with Crippen molar-refractivity contribution in [2.45, 2.75) is 25.6 Å². The standard InChI is InChI=1S/C15H18F3NO2/c1-21-14(20)12-6-8-19(9-7-12)10-11-2-4-13(5-3-11)15(16,17)18/h2-5,12H,6-10H2,1H3. The van der Waals surface area contributed by atoms with Crippen LogP contribution in [-0.2, 0) is 22.3 Å². The molecule has 0 radical (unpaired) electrons. The number of hydrogen-bond acceptors (Lipinski definition) is 3. The summed E-state index contributed by atoms with van der Waals surface area (Å²) < 4.78 is 42.2. The first-order valence-electron chi connectivity index (χ1n) is 6.86. The first-order chi connectivity index (χ1) is 9.90. The van der Waals surface area contributed by atoms with Crippen molar-refractivity contribution in [1.82, 2.24) is 4.90 Å². The van der Waals surface area contributed by atoms with Crippen LogP contribution in [0.1, 0.15) is 24.0 Å². The smallest absolute Gasteiger partial charge is 0.416 e. The van der Waals surface area contributed by atoms with Crippen LogP contribution in [0.3, 0.4) is 0 Å². The monoisotopic (exact) mass is 301 g/mol. The first-order valence-corrected chi connectivity index (χ1v) is 6.86. The largest absolute Gasteiger partial charge is 0.469 e. The van der Waals surface area contributed by atoms with Crippen LogP contribution in [0.4, 0.5) is 13.2 Å². The van der Waals surface area contributed by atoms with Gasteiger partial charge in [-0.25, -0.2) is 0 Å². The van der Waals surface area contributed by atoms with Crippen LogP contribution < -0.4 is 0 Å². The van der Waals surface area contributed by atoms with Crippen molar-refractivity contribution in [1.29, 1.82) is 0 Å².